The number of aromatic nitrogens is 3. The van der Waals surface area contributed by atoms with E-state index in [4.69, 9.17) is 0 Å². The van der Waals surface area contributed by atoms with E-state index in [0.717, 1.165) is 19.6 Å². The molecule has 4 rings (SSSR count). The Bertz CT molecular complexity index is 998. The van der Waals surface area contributed by atoms with Crippen LogP contribution in [0.3, 0.4) is 0 Å². The Morgan fingerprint density at radius 1 is 1.00 bits per heavy atom. The minimum atomic E-state index is -0.0951. The maximum absolute atomic E-state index is 13.0. The van der Waals surface area contributed by atoms with E-state index >= 15 is 0 Å². The summed E-state index contributed by atoms with van der Waals surface area (Å²) in [4.78, 5) is 37.5. The summed E-state index contributed by atoms with van der Waals surface area (Å²) in [5, 5.41) is 2.88. The van der Waals surface area contributed by atoms with Gasteiger partial charge >= 0.3 is 0 Å². The van der Waals surface area contributed by atoms with E-state index in [0.29, 0.717) is 37.3 Å². The van der Waals surface area contributed by atoms with Gasteiger partial charge in [-0.15, -0.1) is 0 Å². The van der Waals surface area contributed by atoms with Crippen LogP contribution in [0.1, 0.15) is 22.3 Å². The van der Waals surface area contributed by atoms with E-state index in [2.05, 4.69) is 26.3 Å². The van der Waals surface area contributed by atoms with Gasteiger partial charge in [0, 0.05) is 81.7 Å². The van der Waals surface area contributed by atoms with Gasteiger partial charge in [0.15, 0.2) is 0 Å². The summed E-state index contributed by atoms with van der Waals surface area (Å²) in [6.45, 7) is 4.42. The molecule has 1 aliphatic heterocycles. The normalized spacial score (nSPS) is 14.4. The molecule has 0 unspecified atom stereocenters. The van der Waals surface area contributed by atoms with Crippen molar-refractivity contribution in [1.82, 2.24) is 24.3 Å². The van der Waals surface area contributed by atoms with Gasteiger partial charge in [-0.3, -0.25) is 19.5 Å². The first kappa shape index (κ1) is 20.7. The first-order valence-electron chi connectivity index (χ1n) is 10.4. The van der Waals surface area contributed by atoms with Gasteiger partial charge in [0.2, 0.25) is 5.91 Å². The SMILES string of the molecule is O=C(CCn1ccnc1)Nc1cccc(C(=O)N2CCN(Cc3cccnc3)CC2)c1. The predicted octanol–water partition coefficient (Wildman–Crippen LogP) is 2.26. The second-order valence-electron chi connectivity index (χ2n) is 7.61. The summed E-state index contributed by atoms with van der Waals surface area (Å²) in [7, 11) is 0. The highest BCUT2D eigenvalue weighted by atomic mass is 16.2. The Labute approximate surface area is 181 Å². The number of carbonyl (C=O) groups excluding carboxylic acids is 2. The highest BCUT2D eigenvalue weighted by Gasteiger charge is 2.22. The molecule has 8 heteroatoms. The number of hydrogen-bond donors (Lipinski definition) is 1. The first-order chi connectivity index (χ1) is 15.2. The maximum Gasteiger partial charge on any atom is 0.254 e. The molecule has 2 aromatic heterocycles. The van der Waals surface area contributed by atoms with Crippen LogP contribution in [0.4, 0.5) is 5.69 Å². The lowest BCUT2D eigenvalue weighted by atomic mass is 10.1. The topological polar surface area (TPSA) is 83.4 Å². The number of aryl methyl sites for hydroxylation is 1. The molecule has 31 heavy (non-hydrogen) atoms. The van der Waals surface area contributed by atoms with E-state index in [9.17, 15) is 9.59 Å². The molecule has 1 aromatic carbocycles. The van der Waals surface area contributed by atoms with Gasteiger partial charge in [0.25, 0.3) is 5.91 Å². The van der Waals surface area contributed by atoms with Crippen molar-refractivity contribution in [3.8, 4) is 0 Å². The quantitative estimate of drug-likeness (QED) is 0.636. The van der Waals surface area contributed by atoms with Crippen molar-refractivity contribution in [3.63, 3.8) is 0 Å². The third-order valence-electron chi connectivity index (χ3n) is 5.34. The van der Waals surface area contributed by atoms with Gasteiger partial charge in [-0.25, -0.2) is 4.98 Å². The molecule has 1 fully saturated rings. The minimum Gasteiger partial charge on any atom is -0.337 e. The van der Waals surface area contributed by atoms with E-state index in [1.165, 1.54) is 5.56 Å². The van der Waals surface area contributed by atoms with Crippen molar-refractivity contribution in [2.45, 2.75) is 19.5 Å². The number of rotatable bonds is 7. The van der Waals surface area contributed by atoms with Gasteiger partial charge in [-0.2, -0.15) is 0 Å². The second-order valence-corrected chi connectivity index (χ2v) is 7.61. The van der Waals surface area contributed by atoms with Crippen molar-refractivity contribution in [3.05, 3.63) is 78.6 Å². The standard InChI is InChI=1S/C23H26N6O2/c30-22(6-9-28-10-8-25-18-28)26-21-5-1-4-20(15-21)23(31)29-13-11-27(12-14-29)17-19-3-2-7-24-16-19/h1-5,7-8,10,15-16,18H,6,9,11-14,17H2,(H,26,30). The molecule has 3 heterocycles. The molecule has 1 saturated heterocycles. The summed E-state index contributed by atoms with van der Waals surface area (Å²) < 4.78 is 1.85. The molecule has 1 aliphatic rings. The number of pyridine rings is 1. The third-order valence-corrected chi connectivity index (χ3v) is 5.34. The van der Waals surface area contributed by atoms with Crippen LogP contribution in [0.5, 0.6) is 0 Å². The highest BCUT2D eigenvalue weighted by Crippen LogP contribution is 2.15. The van der Waals surface area contributed by atoms with Crippen LogP contribution in [0.15, 0.2) is 67.5 Å². The molecule has 160 valence electrons. The molecular weight excluding hydrogens is 392 g/mol. The smallest absolute Gasteiger partial charge is 0.254 e. The zero-order valence-corrected chi connectivity index (χ0v) is 17.4. The molecule has 0 saturated carbocycles. The summed E-state index contributed by atoms with van der Waals surface area (Å²) in [5.41, 5.74) is 2.41. The van der Waals surface area contributed by atoms with Crippen molar-refractivity contribution >= 4 is 17.5 Å². The van der Waals surface area contributed by atoms with Gasteiger partial charge in [0.05, 0.1) is 6.33 Å². The molecule has 0 atom stereocenters. The molecule has 8 nitrogen and oxygen atoms in total. The zero-order chi connectivity index (χ0) is 21.5. The van der Waals surface area contributed by atoms with Crippen LogP contribution in [-0.2, 0) is 17.9 Å². The second kappa shape index (κ2) is 9.99. The first-order valence-corrected chi connectivity index (χ1v) is 10.4. The van der Waals surface area contributed by atoms with Crippen molar-refractivity contribution < 1.29 is 9.59 Å². The molecule has 0 bridgehead atoms. The third kappa shape index (κ3) is 5.76. The Hall–Kier alpha value is -3.52. The Kier molecular flexibility index (Phi) is 6.68. The fourth-order valence-electron chi connectivity index (χ4n) is 3.64. The summed E-state index contributed by atoms with van der Waals surface area (Å²) >= 11 is 0. The molecule has 0 aliphatic carbocycles. The number of amides is 2. The van der Waals surface area contributed by atoms with E-state index in [-0.39, 0.29) is 11.8 Å². The lowest BCUT2D eigenvalue weighted by molar-refractivity contribution is -0.116. The Morgan fingerprint density at radius 3 is 2.61 bits per heavy atom. The molecule has 1 N–H and O–H groups in total. The Balaban J connectivity index is 1.28. The zero-order valence-electron chi connectivity index (χ0n) is 17.4. The van der Waals surface area contributed by atoms with E-state index < -0.39 is 0 Å². The van der Waals surface area contributed by atoms with Gasteiger partial charge in [0.1, 0.15) is 0 Å². The van der Waals surface area contributed by atoms with Gasteiger partial charge in [-0.1, -0.05) is 12.1 Å². The van der Waals surface area contributed by atoms with Gasteiger partial charge < -0.3 is 14.8 Å². The minimum absolute atomic E-state index is 0.00413. The largest absolute Gasteiger partial charge is 0.337 e. The van der Waals surface area contributed by atoms with Crippen LogP contribution in [0.25, 0.3) is 0 Å². The average molecular weight is 419 g/mol. The lowest BCUT2D eigenvalue weighted by Gasteiger charge is -2.34. The van der Waals surface area contributed by atoms with E-state index in [1.54, 1.807) is 43.0 Å². The fourth-order valence-corrected chi connectivity index (χ4v) is 3.64. The summed E-state index contributed by atoms with van der Waals surface area (Å²) in [5.74, 6) is -0.0992. The molecular formula is C23H26N6O2. The van der Waals surface area contributed by atoms with Crippen LogP contribution in [-0.4, -0.2) is 62.3 Å². The number of benzene rings is 1. The average Bonchev–Trinajstić information content (AvgIpc) is 3.32. The van der Waals surface area contributed by atoms with Crippen LogP contribution >= 0.6 is 0 Å². The Morgan fingerprint density at radius 2 is 1.87 bits per heavy atom. The van der Waals surface area contributed by atoms with Crippen LogP contribution in [0.2, 0.25) is 0 Å². The summed E-state index contributed by atoms with van der Waals surface area (Å²) in [6, 6.07) is 11.2. The number of imidazole rings is 1. The van der Waals surface area contributed by atoms with Crippen molar-refractivity contribution in [2.75, 3.05) is 31.5 Å². The number of piperazine rings is 1. The predicted molar refractivity (Wildman–Crippen MR) is 117 cm³/mol. The monoisotopic (exact) mass is 418 g/mol. The van der Waals surface area contributed by atoms with E-state index in [1.807, 2.05) is 27.9 Å². The van der Waals surface area contributed by atoms with Crippen molar-refractivity contribution in [2.24, 2.45) is 0 Å². The number of hydrogen-bond acceptors (Lipinski definition) is 5. The molecule has 3 aromatic rings. The lowest BCUT2D eigenvalue weighted by Crippen LogP contribution is -2.48. The number of anilines is 1. The van der Waals surface area contributed by atoms with Crippen molar-refractivity contribution in [1.29, 1.82) is 0 Å². The number of nitrogens with one attached hydrogen (secondary N) is 1. The molecule has 2 amide bonds. The highest BCUT2D eigenvalue weighted by molar-refractivity contribution is 5.97. The van der Waals surface area contributed by atoms with Crippen LogP contribution < -0.4 is 5.32 Å². The fraction of sp³-hybridized carbons (Fsp3) is 0.304. The van der Waals surface area contributed by atoms with Crippen LogP contribution in [0, 0.1) is 0 Å². The molecule has 0 radical (unpaired) electrons. The summed E-state index contributed by atoms with van der Waals surface area (Å²) in [6.07, 6.45) is 9.19. The number of nitrogens with zero attached hydrogens (tertiary/aromatic N) is 5. The maximum atomic E-state index is 13.0. The molecule has 0 spiro atoms. The van der Waals surface area contributed by atoms with Gasteiger partial charge in [-0.05, 0) is 29.8 Å². The number of carbonyl (C=O) groups is 2.